The first-order valence-corrected chi connectivity index (χ1v) is 12.5. The number of amides is 1. The molecule has 1 amide bonds. The number of nitrogens with zero attached hydrogens (tertiary/aromatic N) is 1. The number of aryl methyl sites for hydroxylation is 1. The van der Waals surface area contributed by atoms with Crippen LogP contribution in [0.4, 0.5) is 13.2 Å². The van der Waals surface area contributed by atoms with E-state index in [4.69, 9.17) is 26.9 Å². The molecule has 190 valence electrons. The van der Waals surface area contributed by atoms with Crippen LogP contribution in [0.15, 0.2) is 30.3 Å². The average Bonchev–Trinajstić information content (AvgIpc) is 3.47. The number of alkyl halides is 3. The third-order valence-corrected chi connectivity index (χ3v) is 6.92. The van der Waals surface area contributed by atoms with E-state index in [9.17, 15) is 22.8 Å². The van der Waals surface area contributed by atoms with E-state index in [1.54, 1.807) is 18.2 Å². The second kappa shape index (κ2) is 12.9. The molecule has 0 bridgehead atoms. The Kier molecular flexibility index (Phi) is 10.6. The van der Waals surface area contributed by atoms with Gasteiger partial charge in [-0.25, -0.2) is 4.79 Å². The van der Waals surface area contributed by atoms with Crippen LogP contribution in [0, 0.1) is 12.3 Å². The number of halogens is 4. The number of benzene rings is 1. The predicted octanol–water partition coefficient (Wildman–Crippen LogP) is 5.07. The molecule has 0 aliphatic carbocycles. The second-order valence-electron chi connectivity index (χ2n) is 7.37. The van der Waals surface area contributed by atoms with Crippen LogP contribution in [-0.4, -0.2) is 64.4 Å². The van der Waals surface area contributed by atoms with Gasteiger partial charge in [0.1, 0.15) is 5.84 Å². The highest BCUT2D eigenvalue weighted by molar-refractivity contribution is 8.14. The fourth-order valence-electron chi connectivity index (χ4n) is 3.07. The highest BCUT2D eigenvalue weighted by atomic mass is 35.5. The summed E-state index contributed by atoms with van der Waals surface area (Å²) in [4.78, 5) is 36.0. The summed E-state index contributed by atoms with van der Waals surface area (Å²) in [5, 5.41) is 18.2. The zero-order valence-corrected chi connectivity index (χ0v) is 21.0. The Balaban J connectivity index is 0.000000540. The van der Waals surface area contributed by atoms with Crippen LogP contribution in [0.5, 0.6) is 0 Å². The molecular formula is C22H23ClF3N3O4S2. The molecule has 1 aliphatic heterocycles. The minimum atomic E-state index is -5.08. The minimum Gasteiger partial charge on any atom is -0.475 e. The van der Waals surface area contributed by atoms with E-state index in [1.807, 2.05) is 19.1 Å². The van der Waals surface area contributed by atoms with Gasteiger partial charge in [0.25, 0.3) is 5.91 Å². The Morgan fingerprint density at radius 2 is 1.83 bits per heavy atom. The van der Waals surface area contributed by atoms with Crippen molar-refractivity contribution in [3.8, 4) is 0 Å². The fourth-order valence-corrected chi connectivity index (χ4v) is 4.81. The minimum absolute atomic E-state index is 0.0230. The molecule has 1 aliphatic rings. The van der Waals surface area contributed by atoms with E-state index in [2.05, 4.69) is 10.2 Å². The number of amidine groups is 1. The lowest BCUT2D eigenvalue weighted by atomic mass is 10.0. The van der Waals surface area contributed by atoms with E-state index in [0.29, 0.717) is 32.9 Å². The van der Waals surface area contributed by atoms with Gasteiger partial charge in [-0.15, -0.1) is 11.3 Å². The van der Waals surface area contributed by atoms with Crippen LogP contribution in [0.3, 0.4) is 0 Å². The quantitative estimate of drug-likeness (QED) is 0.264. The molecule has 1 aromatic heterocycles. The third-order valence-electron chi connectivity index (χ3n) is 4.80. The van der Waals surface area contributed by atoms with Gasteiger partial charge in [0.2, 0.25) is 5.12 Å². The van der Waals surface area contributed by atoms with Gasteiger partial charge in [0.05, 0.1) is 9.21 Å². The molecule has 3 rings (SSSR count). The Bertz CT molecular complexity index is 1090. The molecule has 2 aromatic rings. The number of rotatable bonds is 6. The van der Waals surface area contributed by atoms with Crippen molar-refractivity contribution in [3.05, 3.63) is 56.2 Å². The van der Waals surface area contributed by atoms with Gasteiger partial charge < -0.3 is 15.3 Å². The van der Waals surface area contributed by atoms with Crippen LogP contribution in [0.25, 0.3) is 0 Å². The van der Waals surface area contributed by atoms with Crippen molar-refractivity contribution >= 4 is 57.5 Å². The van der Waals surface area contributed by atoms with Crippen LogP contribution in [0.2, 0.25) is 4.34 Å². The first-order chi connectivity index (χ1) is 16.4. The Morgan fingerprint density at radius 3 is 2.34 bits per heavy atom. The maximum absolute atomic E-state index is 12.5. The summed E-state index contributed by atoms with van der Waals surface area (Å²) in [6, 6.07) is 8.94. The number of carboxylic acid groups (broad SMARTS) is 1. The first kappa shape index (κ1) is 28.7. The summed E-state index contributed by atoms with van der Waals surface area (Å²) < 4.78 is 32.3. The van der Waals surface area contributed by atoms with Crippen LogP contribution >= 0.6 is 34.7 Å². The molecule has 1 fully saturated rings. The number of hydrogen-bond donors (Lipinski definition) is 3. The van der Waals surface area contributed by atoms with Gasteiger partial charge >= 0.3 is 12.1 Å². The molecule has 0 atom stereocenters. The highest BCUT2D eigenvalue weighted by Crippen LogP contribution is 2.22. The Morgan fingerprint density at radius 1 is 1.20 bits per heavy atom. The average molecular weight is 550 g/mol. The van der Waals surface area contributed by atoms with Crippen molar-refractivity contribution in [2.24, 2.45) is 0 Å². The van der Waals surface area contributed by atoms with Crippen LogP contribution < -0.4 is 5.32 Å². The van der Waals surface area contributed by atoms with E-state index in [-0.39, 0.29) is 11.0 Å². The number of aliphatic carboxylic acids is 1. The molecule has 0 radical (unpaired) electrons. The van der Waals surface area contributed by atoms with Crippen molar-refractivity contribution in [2.45, 2.75) is 25.9 Å². The van der Waals surface area contributed by atoms with Gasteiger partial charge in [-0.2, -0.15) is 13.2 Å². The maximum Gasteiger partial charge on any atom is 0.490 e. The molecule has 1 saturated heterocycles. The van der Waals surface area contributed by atoms with Gasteiger partial charge in [-0.3, -0.25) is 15.0 Å². The van der Waals surface area contributed by atoms with Crippen molar-refractivity contribution in [1.82, 2.24) is 10.2 Å². The molecule has 3 N–H and O–H groups in total. The van der Waals surface area contributed by atoms with Crippen molar-refractivity contribution in [3.63, 3.8) is 0 Å². The number of nitrogens with one attached hydrogen (secondary N) is 2. The summed E-state index contributed by atoms with van der Waals surface area (Å²) in [7, 11) is 0. The Labute approximate surface area is 213 Å². The first-order valence-electron chi connectivity index (χ1n) is 10.4. The zero-order chi connectivity index (χ0) is 26.2. The topological polar surface area (TPSA) is 111 Å². The largest absolute Gasteiger partial charge is 0.490 e. The standard InChI is InChI=1S/C20H22ClN3O2S2.C2HF3O2/c1-13-12-14(18(22)24-9-2-3-10-24)4-5-15(13)20(26)27-11-8-23-19(25)16-6-7-17(21)28-16;3-2(4,5)1(6)7/h4-7,12,22H,2-3,8-11H2,1H3,(H,23,25);(H,6,7). The van der Waals surface area contributed by atoms with E-state index >= 15 is 0 Å². The fraction of sp³-hybridized carbons (Fsp3) is 0.364. The van der Waals surface area contributed by atoms with E-state index in [0.717, 1.165) is 37.1 Å². The summed E-state index contributed by atoms with van der Waals surface area (Å²) in [6.45, 7) is 4.16. The number of carbonyl (C=O) groups is 3. The van der Waals surface area contributed by atoms with Crippen molar-refractivity contribution in [2.75, 3.05) is 25.4 Å². The molecule has 7 nitrogen and oxygen atoms in total. The molecule has 0 unspecified atom stereocenters. The lowest BCUT2D eigenvalue weighted by molar-refractivity contribution is -0.192. The van der Waals surface area contributed by atoms with Crippen molar-refractivity contribution in [1.29, 1.82) is 5.41 Å². The second-order valence-corrected chi connectivity index (χ2v) is 10.2. The number of carboxylic acids is 1. The summed E-state index contributed by atoms with van der Waals surface area (Å²) >= 11 is 8.25. The van der Waals surface area contributed by atoms with Gasteiger partial charge in [0.15, 0.2) is 0 Å². The highest BCUT2D eigenvalue weighted by Gasteiger charge is 2.38. The lowest BCUT2D eigenvalue weighted by Crippen LogP contribution is -2.27. The molecule has 1 aromatic carbocycles. The molecule has 2 heterocycles. The number of hydrogen-bond acceptors (Lipinski definition) is 6. The zero-order valence-electron chi connectivity index (χ0n) is 18.6. The molecule has 13 heteroatoms. The number of carbonyl (C=O) groups excluding carboxylic acids is 2. The van der Waals surface area contributed by atoms with Gasteiger partial charge in [-0.05, 0) is 49.6 Å². The molecule has 0 saturated carbocycles. The summed E-state index contributed by atoms with van der Waals surface area (Å²) in [5.41, 5.74) is 2.37. The monoisotopic (exact) mass is 549 g/mol. The van der Waals surface area contributed by atoms with Crippen molar-refractivity contribution < 1.29 is 32.7 Å². The smallest absolute Gasteiger partial charge is 0.475 e. The molecule has 0 spiro atoms. The SMILES string of the molecule is Cc1cc(C(=N)N2CCCC2)ccc1C(=O)SCCNC(=O)c1ccc(Cl)s1.O=C(O)C(F)(F)F. The molecule has 35 heavy (non-hydrogen) atoms. The van der Waals surface area contributed by atoms with E-state index < -0.39 is 12.1 Å². The number of likely N-dealkylation sites (tertiary alicyclic amines) is 1. The van der Waals surface area contributed by atoms with Gasteiger partial charge in [0, 0.05) is 36.5 Å². The predicted molar refractivity (Wildman–Crippen MR) is 131 cm³/mol. The third kappa shape index (κ3) is 8.86. The summed E-state index contributed by atoms with van der Waals surface area (Å²) in [6.07, 6.45) is -2.82. The van der Waals surface area contributed by atoms with E-state index in [1.165, 1.54) is 23.1 Å². The summed E-state index contributed by atoms with van der Waals surface area (Å²) in [5.74, 6) is -1.91. The molecular weight excluding hydrogens is 527 g/mol. The van der Waals surface area contributed by atoms with Gasteiger partial charge in [-0.1, -0.05) is 29.4 Å². The van der Waals surface area contributed by atoms with Crippen LogP contribution in [-0.2, 0) is 4.79 Å². The van der Waals surface area contributed by atoms with Crippen LogP contribution in [0.1, 0.15) is 44.0 Å². The Hall–Kier alpha value is -2.57. The number of thioether (sulfide) groups is 1. The normalized spacial score (nSPS) is 13.1. The number of thiophene rings is 1. The lowest BCUT2D eigenvalue weighted by Gasteiger charge is -2.19. The maximum atomic E-state index is 12.5.